The highest BCUT2D eigenvalue weighted by molar-refractivity contribution is 6.20. The summed E-state index contributed by atoms with van der Waals surface area (Å²) in [6, 6.07) is 6.67. The monoisotopic (exact) mass is 555 g/mol. The quantitative estimate of drug-likeness (QED) is 0.0547. The molecule has 1 aromatic rings. The summed E-state index contributed by atoms with van der Waals surface area (Å²) in [5.41, 5.74) is 1.09. The lowest BCUT2D eigenvalue weighted by atomic mass is 9.97. The number of benzene rings is 1. The average molecular weight is 556 g/mol. The predicted octanol–water partition coefficient (Wildman–Crippen LogP) is 7.82. The molecule has 0 aliphatic heterocycles. The van der Waals surface area contributed by atoms with E-state index in [0.717, 1.165) is 50.8 Å². The topological polar surface area (TPSA) is 81.7 Å². The molecule has 1 aromatic carbocycles. The van der Waals surface area contributed by atoms with Gasteiger partial charge in [0.05, 0.1) is 13.2 Å². The van der Waals surface area contributed by atoms with Crippen LogP contribution in [0.3, 0.4) is 0 Å². The Morgan fingerprint density at radius 1 is 0.769 bits per heavy atom. The fraction of sp³-hybridized carbons (Fsp3) is 0.633. The number of anilines is 1. The van der Waals surface area contributed by atoms with Gasteiger partial charge in [0.15, 0.2) is 5.78 Å². The molecular formula is C30H44F3NO5. The van der Waals surface area contributed by atoms with Crippen LogP contribution in [-0.2, 0) is 19.1 Å². The Morgan fingerprint density at radius 3 is 1.77 bits per heavy atom. The van der Waals surface area contributed by atoms with Crippen molar-refractivity contribution in [3.05, 3.63) is 42.0 Å². The van der Waals surface area contributed by atoms with E-state index in [1.807, 2.05) is 6.08 Å². The van der Waals surface area contributed by atoms with Crippen molar-refractivity contribution in [1.82, 2.24) is 0 Å². The van der Waals surface area contributed by atoms with Crippen LogP contribution in [-0.4, -0.2) is 43.7 Å². The van der Waals surface area contributed by atoms with Gasteiger partial charge in [-0.05, 0) is 63.8 Å². The molecule has 0 unspecified atom stereocenters. The van der Waals surface area contributed by atoms with Gasteiger partial charge in [0.25, 0.3) is 0 Å². The Hall–Kier alpha value is -2.84. The Bertz CT molecular complexity index is 850. The highest BCUT2D eigenvalue weighted by Crippen LogP contribution is 2.21. The molecule has 1 N–H and O–H groups in total. The van der Waals surface area contributed by atoms with E-state index in [2.05, 4.69) is 5.32 Å². The lowest BCUT2D eigenvalue weighted by Crippen LogP contribution is -2.35. The van der Waals surface area contributed by atoms with Gasteiger partial charge in [-0.2, -0.15) is 13.2 Å². The van der Waals surface area contributed by atoms with Gasteiger partial charge >= 0.3 is 18.1 Å². The molecule has 0 aliphatic carbocycles. The molecule has 0 saturated heterocycles. The highest BCUT2D eigenvalue weighted by atomic mass is 19.4. The van der Waals surface area contributed by atoms with Crippen molar-refractivity contribution in [3.63, 3.8) is 0 Å². The largest absolute Gasteiger partial charge is 0.465 e. The Morgan fingerprint density at radius 2 is 1.26 bits per heavy atom. The number of carbonyl (C=O) groups is 3. The summed E-state index contributed by atoms with van der Waals surface area (Å²) in [4.78, 5) is 37.1. The number of halogens is 3. The molecule has 0 radical (unpaired) electrons. The maximum absolute atomic E-state index is 12.8. The van der Waals surface area contributed by atoms with E-state index in [0.29, 0.717) is 0 Å². The number of carbonyl (C=O) groups excluding carboxylic acids is 3. The molecule has 220 valence electrons. The first kappa shape index (κ1) is 34.2. The molecule has 0 heterocycles. The van der Waals surface area contributed by atoms with E-state index in [-0.39, 0.29) is 25.2 Å². The van der Waals surface area contributed by atoms with Gasteiger partial charge in [-0.15, -0.1) is 0 Å². The lowest BCUT2D eigenvalue weighted by molar-refractivity contribution is -0.158. The second kappa shape index (κ2) is 20.1. The van der Waals surface area contributed by atoms with Crippen LogP contribution in [0.25, 0.3) is 0 Å². The van der Waals surface area contributed by atoms with E-state index in [4.69, 9.17) is 9.47 Å². The van der Waals surface area contributed by atoms with E-state index in [9.17, 15) is 27.6 Å². The fourth-order valence-electron chi connectivity index (χ4n) is 4.02. The van der Waals surface area contributed by atoms with E-state index in [1.165, 1.54) is 25.7 Å². The van der Waals surface area contributed by atoms with Crippen molar-refractivity contribution in [3.8, 4) is 0 Å². The molecule has 0 atom stereocenters. The van der Waals surface area contributed by atoms with Gasteiger partial charge in [-0.25, -0.2) is 0 Å². The SMILES string of the molecule is CCOC(=O)C(C(=O)OCC)C(=O)c1ccc(NCCCCCCCCCCCC=CCCC(F)(F)F)cc1. The van der Waals surface area contributed by atoms with Crippen molar-refractivity contribution >= 4 is 23.4 Å². The molecule has 0 amide bonds. The third-order valence-corrected chi connectivity index (χ3v) is 6.11. The maximum atomic E-state index is 12.8. The van der Waals surface area contributed by atoms with Gasteiger partial charge in [-0.3, -0.25) is 14.4 Å². The minimum atomic E-state index is -4.07. The zero-order chi connectivity index (χ0) is 28.9. The van der Waals surface area contributed by atoms with Crippen LogP contribution < -0.4 is 5.32 Å². The molecule has 0 spiro atoms. The second-order valence-electron chi connectivity index (χ2n) is 9.40. The van der Waals surface area contributed by atoms with Gasteiger partial charge < -0.3 is 14.8 Å². The molecule has 0 aliphatic rings. The second-order valence-corrected chi connectivity index (χ2v) is 9.40. The third kappa shape index (κ3) is 16.0. The van der Waals surface area contributed by atoms with Crippen molar-refractivity contribution in [1.29, 1.82) is 0 Å². The summed E-state index contributed by atoms with van der Waals surface area (Å²) >= 11 is 0. The number of unbranched alkanes of at least 4 members (excludes halogenated alkanes) is 9. The molecule has 39 heavy (non-hydrogen) atoms. The van der Waals surface area contributed by atoms with Crippen LogP contribution >= 0.6 is 0 Å². The number of ketones is 1. The predicted molar refractivity (Wildman–Crippen MR) is 147 cm³/mol. The molecule has 6 nitrogen and oxygen atoms in total. The van der Waals surface area contributed by atoms with E-state index >= 15 is 0 Å². The van der Waals surface area contributed by atoms with Gasteiger partial charge in [-0.1, -0.05) is 57.1 Å². The smallest absolute Gasteiger partial charge is 0.389 e. The number of hydrogen-bond acceptors (Lipinski definition) is 6. The molecule has 1 rings (SSSR count). The fourth-order valence-corrected chi connectivity index (χ4v) is 4.02. The van der Waals surface area contributed by atoms with Crippen molar-refractivity contribution in [2.24, 2.45) is 5.92 Å². The highest BCUT2D eigenvalue weighted by Gasteiger charge is 2.37. The first-order valence-corrected chi connectivity index (χ1v) is 14.1. The van der Waals surface area contributed by atoms with Crippen LogP contribution in [0.1, 0.15) is 101 Å². The molecule has 0 fully saturated rings. The first-order chi connectivity index (χ1) is 18.7. The minimum absolute atomic E-state index is 0.0598. The molecule has 9 heteroatoms. The van der Waals surface area contributed by atoms with Gasteiger partial charge in [0, 0.05) is 24.2 Å². The van der Waals surface area contributed by atoms with Crippen molar-refractivity contribution in [2.45, 2.75) is 97.1 Å². The zero-order valence-corrected chi connectivity index (χ0v) is 23.3. The van der Waals surface area contributed by atoms with Crippen LogP contribution in [0, 0.1) is 5.92 Å². The van der Waals surface area contributed by atoms with E-state index < -0.39 is 36.2 Å². The number of Topliss-reactive ketones (excluding diaryl/α,β-unsaturated/α-hetero) is 1. The van der Waals surface area contributed by atoms with E-state index in [1.54, 1.807) is 44.2 Å². The summed E-state index contributed by atoms with van der Waals surface area (Å²) in [6.45, 7) is 4.13. The summed E-state index contributed by atoms with van der Waals surface area (Å²) in [5, 5.41) is 3.32. The standard InChI is InChI=1S/C30H44F3NO5/c1-3-38-28(36)26(29(37)39-4-2)27(35)24-18-20-25(21-19-24)34-23-17-15-13-11-9-7-5-6-8-10-12-14-16-22-30(31,32)33/h12,14,18-21,26,34H,3-11,13,15-17,22-23H2,1-2H3. The number of alkyl halides is 3. The first-order valence-electron chi connectivity index (χ1n) is 14.1. The number of nitrogens with one attached hydrogen (secondary N) is 1. The summed E-state index contributed by atoms with van der Waals surface area (Å²) in [7, 11) is 0. The molecule has 0 bridgehead atoms. The summed E-state index contributed by atoms with van der Waals surface area (Å²) in [6.07, 6.45) is 9.81. The molecule has 0 saturated carbocycles. The number of esters is 2. The Kier molecular flexibility index (Phi) is 17.6. The normalized spacial score (nSPS) is 11.6. The molecular weight excluding hydrogens is 511 g/mol. The van der Waals surface area contributed by atoms with Gasteiger partial charge in [0.2, 0.25) is 5.92 Å². The lowest BCUT2D eigenvalue weighted by Gasteiger charge is -2.14. The van der Waals surface area contributed by atoms with Crippen LogP contribution in [0.4, 0.5) is 18.9 Å². The number of hydrogen-bond donors (Lipinski definition) is 1. The zero-order valence-electron chi connectivity index (χ0n) is 23.3. The van der Waals surface area contributed by atoms with Crippen LogP contribution in [0.15, 0.2) is 36.4 Å². The summed E-state index contributed by atoms with van der Waals surface area (Å²) < 4.78 is 45.9. The third-order valence-electron chi connectivity index (χ3n) is 6.11. The minimum Gasteiger partial charge on any atom is -0.465 e. The number of rotatable bonds is 21. The average Bonchev–Trinajstić information content (AvgIpc) is 2.88. The van der Waals surface area contributed by atoms with Gasteiger partial charge in [0.1, 0.15) is 0 Å². The van der Waals surface area contributed by atoms with Crippen molar-refractivity contribution < 1.29 is 37.0 Å². The Balaban J connectivity index is 2.16. The number of ether oxygens (including phenoxy) is 2. The Labute approximate surface area is 230 Å². The number of allylic oxidation sites excluding steroid dienone is 2. The van der Waals surface area contributed by atoms with Crippen LogP contribution in [0.2, 0.25) is 0 Å². The maximum Gasteiger partial charge on any atom is 0.389 e. The van der Waals surface area contributed by atoms with Crippen molar-refractivity contribution in [2.75, 3.05) is 25.1 Å². The summed E-state index contributed by atoms with van der Waals surface area (Å²) in [5.74, 6) is -4.07. The van der Waals surface area contributed by atoms with Crippen LogP contribution in [0.5, 0.6) is 0 Å². The molecule has 0 aromatic heterocycles.